The van der Waals surface area contributed by atoms with Crippen LogP contribution >= 0.6 is 0 Å². The number of aliphatic hydroxyl groups is 1. The summed E-state index contributed by atoms with van der Waals surface area (Å²) in [5.41, 5.74) is 1.36. The van der Waals surface area contributed by atoms with Crippen LogP contribution in [-0.4, -0.2) is 43.3 Å². The second kappa shape index (κ2) is 6.88. The zero-order valence-corrected chi connectivity index (χ0v) is 11.2. The Kier molecular flexibility index (Phi) is 5.17. The fourth-order valence-electron chi connectivity index (χ4n) is 2.74. The molecular formula is C15H24N2O. The zero-order chi connectivity index (χ0) is 12.8. The van der Waals surface area contributed by atoms with E-state index >= 15 is 0 Å². The normalized spacial score (nSPS) is 22.2. The van der Waals surface area contributed by atoms with Gasteiger partial charge in [-0.25, -0.2) is 0 Å². The van der Waals surface area contributed by atoms with Crippen LogP contribution in [0.2, 0.25) is 0 Å². The lowest BCUT2D eigenvalue weighted by molar-refractivity contribution is 0.219. The Hall–Kier alpha value is -0.900. The van der Waals surface area contributed by atoms with Gasteiger partial charge >= 0.3 is 0 Å². The summed E-state index contributed by atoms with van der Waals surface area (Å²) in [6, 6.07) is 11.0. The standard InChI is InChI=1S/C15H24N2O/c1-16-15(14-5-3-2-4-6-14)8-10-17-9-7-13(11-17)12-18/h2-6,13,15-16,18H,7-12H2,1H3. The highest BCUT2D eigenvalue weighted by Gasteiger charge is 2.22. The number of nitrogens with one attached hydrogen (secondary N) is 1. The highest BCUT2D eigenvalue weighted by Crippen LogP contribution is 2.20. The van der Waals surface area contributed by atoms with Gasteiger partial charge in [-0.05, 0) is 44.5 Å². The Morgan fingerprint density at radius 3 is 2.78 bits per heavy atom. The Morgan fingerprint density at radius 1 is 1.39 bits per heavy atom. The molecule has 0 saturated carbocycles. The summed E-state index contributed by atoms with van der Waals surface area (Å²) in [4.78, 5) is 2.47. The largest absolute Gasteiger partial charge is 0.396 e. The lowest BCUT2D eigenvalue weighted by Gasteiger charge is -2.21. The molecule has 0 aromatic heterocycles. The van der Waals surface area contributed by atoms with E-state index < -0.39 is 0 Å². The molecule has 0 amide bonds. The predicted octanol–water partition coefficient (Wildman–Crippen LogP) is 1.65. The molecule has 3 nitrogen and oxygen atoms in total. The Balaban J connectivity index is 1.81. The third-order valence-electron chi connectivity index (χ3n) is 3.91. The molecule has 2 atom stereocenters. The van der Waals surface area contributed by atoms with E-state index in [2.05, 4.69) is 40.5 Å². The number of hydrogen-bond donors (Lipinski definition) is 2. The minimum Gasteiger partial charge on any atom is -0.396 e. The second-order valence-electron chi connectivity index (χ2n) is 5.18. The van der Waals surface area contributed by atoms with Crippen LogP contribution in [0.5, 0.6) is 0 Å². The first-order valence-corrected chi connectivity index (χ1v) is 6.89. The molecule has 3 heteroatoms. The van der Waals surface area contributed by atoms with Crippen molar-refractivity contribution in [3.63, 3.8) is 0 Å². The highest BCUT2D eigenvalue weighted by atomic mass is 16.3. The number of hydrogen-bond acceptors (Lipinski definition) is 3. The topological polar surface area (TPSA) is 35.5 Å². The van der Waals surface area contributed by atoms with Crippen molar-refractivity contribution in [2.24, 2.45) is 5.92 Å². The summed E-state index contributed by atoms with van der Waals surface area (Å²) in [5.74, 6) is 0.495. The van der Waals surface area contributed by atoms with Crippen molar-refractivity contribution in [1.29, 1.82) is 0 Å². The number of aliphatic hydroxyl groups excluding tert-OH is 1. The summed E-state index contributed by atoms with van der Waals surface area (Å²) < 4.78 is 0. The van der Waals surface area contributed by atoms with E-state index in [4.69, 9.17) is 5.11 Å². The maximum absolute atomic E-state index is 9.15. The molecule has 2 N–H and O–H groups in total. The lowest BCUT2D eigenvalue weighted by atomic mass is 10.0. The maximum atomic E-state index is 9.15. The Labute approximate surface area is 110 Å². The van der Waals surface area contributed by atoms with Crippen LogP contribution in [0.4, 0.5) is 0 Å². The number of nitrogens with zero attached hydrogens (tertiary/aromatic N) is 1. The fourth-order valence-corrected chi connectivity index (χ4v) is 2.74. The molecule has 0 spiro atoms. The van der Waals surface area contributed by atoms with Crippen molar-refractivity contribution < 1.29 is 5.11 Å². The van der Waals surface area contributed by atoms with Crippen LogP contribution in [0.25, 0.3) is 0 Å². The summed E-state index contributed by atoms with van der Waals surface area (Å²) >= 11 is 0. The third kappa shape index (κ3) is 3.55. The van der Waals surface area contributed by atoms with E-state index in [0.717, 1.165) is 32.5 Å². The van der Waals surface area contributed by atoms with E-state index in [9.17, 15) is 0 Å². The van der Waals surface area contributed by atoms with Crippen molar-refractivity contribution in [1.82, 2.24) is 10.2 Å². The SMILES string of the molecule is CNC(CCN1CCC(CO)C1)c1ccccc1. The Morgan fingerprint density at radius 2 is 2.17 bits per heavy atom. The molecule has 1 saturated heterocycles. The molecule has 0 radical (unpaired) electrons. The molecule has 2 rings (SSSR count). The molecule has 1 fully saturated rings. The van der Waals surface area contributed by atoms with Gasteiger partial charge in [-0.3, -0.25) is 0 Å². The van der Waals surface area contributed by atoms with Crippen LogP contribution in [0.15, 0.2) is 30.3 Å². The molecule has 1 aliphatic rings. The van der Waals surface area contributed by atoms with E-state index in [1.54, 1.807) is 0 Å². The summed E-state index contributed by atoms with van der Waals surface area (Å²) in [6.45, 7) is 3.64. The molecule has 1 heterocycles. The molecule has 1 aromatic carbocycles. The van der Waals surface area contributed by atoms with Gasteiger partial charge in [-0.15, -0.1) is 0 Å². The molecule has 2 unspecified atom stereocenters. The van der Waals surface area contributed by atoms with Crippen LogP contribution < -0.4 is 5.32 Å². The van der Waals surface area contributed by atoms with Crippen LogP contribution in [0, 0.1) is 5.92 Å². The van der Waals surface area contributed by atoms with Gasteiger partial charge in [0.2, 0.25) is 0 Å². The summed E-state index contributed by atoms with van der Waals surface area (Å²) in [5, 5.41) is 12.5. The van der Waals surface area contributed by atoms with Gasteiger partial charge in [0.05, 0.1) is 0 Å². The molecule has 0 aliphatic carbocycles. The van der Waals surface area contributed by atoms with Gasteiger partial charge < -0.3 is 15.3 Å². The first-order valence-electron chi connectivity index (χ1n) is 6.89. The van der Waals surface area contributed by atoms with Crippen LogP contribution in [0.1, 0.15) is 24.4 Å². The molecule has 1 aromatic rings. The zero-order valence-electron chi connectivity index (χ0n) is 11.2. The average molecular weight is 248 g/mol. The molecule has 100 valence electrons. The third-order valence-corrected chi connectivity index (χ3v) is 3.91. The second-order valence-corrected chi connectivity index (χ2v) is 5.18. The summed E-state index contributed by atoms with van der Waals surface area (Å²) in [7, 11) is 2.03. The van der Waals surface area contributed by atoms with Crippen molar-refractivity contribution in [2.75, 3.05) is 33.3 Å². The van der Waals surface area contributed by atoms with E-state index in [-0.39, 0.29) is 0 Å². The van der Waals surface area contributed by atoms with Gasteiger partial charge in [-0.1, -0.05) is 30.3 Å². The maximum Gasteiger partial charge on any atom is 0.0471 e. The van der Waals surface area contributed by atoms with Crippen molar-refractivity contribution in [3.05, 3.63) is 35.9 Å². The number of rotatable bonds is 6. The number of likely N-dealkylation sites (tertiary alicyclic amines) is 1. The molecule has 0 bridgehead atoms. The monoisotopic (exact) mass is 248 g/mol. The molecular weight excluding hydrogens is 224 g/mol. The fraction of sp³-hybridized carbons (Fsp3) is 0.600. The van der Waals surface area contributed by atoms with Gasteiger partial charge in [0.1, 0.15) is 0 Å². The van der Waals surface area contributed by atoms with E-state index in [0.29, 0.717) is 18.6 Å². The van der Waals surface area contributed by atoms with E-state index in [1.165, 1.54) is 5.56 Å². The van der Waals surface area contributed by atoms with Gasteiger partial charge in [0.25, 0.3) is 0 Å². The highest BCUT2D eigenvalue weighted by molar-refractivity contribution is 5.18. The first kappa shape index (κ1) is 13.5. The minimum absolute atomic E-state index is 0.338. The average Bonchev–Trinajstić information content (AvgIpc) is 2.89. The van der Waals surface area contributed by atoms with Gasteiger partial charge in [0.15, 0.2) is 0 Å². The Bertz CT molecular complexity index is 342. The van der Waals surface area contributed by atoms with Gasteiger partial charge in [0, 0.05) is 19.2 Å². The molecule has 18 heavy (non-hydrogen) atoms. The summed E-state index contributed by atoms with van der Waals surface area (Å²) in [6.07, 6.45) is 2.27. The number of benzene rings is 1. The van der Waals surface area contributed by atoms with E-state index in [1.807, 2.05) is 7.05 Å². The van der Waals surface area contributed by atoms with Crippen molar-refractivity contribution in [3.8, 4) is 0 Å². The van der Waals surface area contributed by atoms with Crippen molar-refractivity contribution in [2.45, 2.75) is 18.9 Å². The predicted molar refractivity (Wildman–Crippen MR) is 74.5 cm³/mol. The lowest BCUT2D eigenvalue weighted by Crippen LogP contribution is -2.27. The van der Waals surface area contributed by atoms with Crippen LogP contribution in [-0.2, 0) is 0 Å². The molecule has 1 aliphatic heterocycles. The first-order chi connectivity index (χ1) is 8.83. The quantitative estimate of drug-likeness (QED) is 0.803. The van der Waals surface area contributed by atoms with Gasteiger partial charge in [-0.2, -0.15) is 0 Å². The smallest absolute Gasteiger partial charge is 0.0471 e. The van der Waals surface area contributed by atoms with Crippen LogP contribution in [0.3, 0.4) is 0 Å². The van der Waals surface area contributed by atoms with Crippen molar-refractivity contribution >= 4 is 0 Å². The minimum atomic E-state index is 0.338.